The summed E-state index contributed by atoms with van der Waals surface area (Å²) in [4.78, 5) is 17.1. The largest absolute Gasteiger partial charge is 0.351 e. The molecule has 4 heteroatoms. The van der Waals surface area contributed by atoms with Gasteiger partial charge in [-0.2, -0.15) is 0 Å². The second-order valence-electron chi connectivity index (χ2n) is 7.12. The van der Waals surface area contributed by atoms with Crippen LogP contribution < -0.4 is 5.32 Å². The third-order valence-electron chi connectivity index (χ3n) is 4.00. The van der Waals surface area contributed by atoms with E-state index in [1.165, 1.54) is 11.3 Å². The molecule has 1 N–H and O–H groups in total. The third-order valence-corrected chi connectivity index (χ3v) is 4.00. The number of amides is 1. The van der Waals surface area contributed by atoms with Crippen LogP contribution in [0.4, 0.5) is 0 Å². The van der Waals surface area contributed by atoms with Gasteiger partial charge in [0.1, 0.15) is 5.65 Å². The molecular weight excluding hydrogens is 262 g/mol. The zero-order valence-electron chi connectivity index (χ0n) is 13.2. The normalized spacial score (nSPS) is 18.6. The lowest BCUT2D eigenvalue weighted by atomic mass is 9.88. The first-order valence-corrected chi connectivity index (χ1v) is 7.62. The van der Waals surface area contributed by atoms with Crippen LogP contribution in [0.25, 0.3) is 5.65 Å². The van der Waals surface area contributed by atoms with Crippen molar-refractivity contribution in [2.45, 2.75) is 52.5 Å². The summed E-state index contributed by atoms with van der Waals surface area (Å²) in [6.07, 6.45) is 4.62. The van der Waals surface area contributed by atoms with Crippen molar-refractivity contribution in [1.29, 1.82) is 0 Å². The molecule has 3 rings (SSSR count). The van der Waals surface area contributed by atoms with E-state index in [4.69, 9.17) is 4.98 Å². The lowest BCUT2D eigenvalue weighted by molar-refractivity contribution is -0.126. The molecule has 0 fully saturated rings. The maximum absolute atomic E-state index is 12.4. The fraction of sp³-hybridized carbons (Fsp3) is 0.529. The van der Waals surface area contributed by atoms with Crippen molar-refractivity contribution in [3.05, 3.63) is 35.3 Å². The van der Waals surface area contributed by atoms with Gasteiger partial charge in [0, 0.05) is 29.8 Å². The van der Waals surface area contributed by atoms with E-state index >= 15 is 0 Å². The summed E-state index contributed by atoms with van der Waals surface area (Å²) in [7, 11) is 0. The molecule has 1 unspecified atom stereocenters. The number of fused-ring (bicyclic) bond motifs is 3. The highest BCUT2D eigenvalue weighted by atomic mass is 16.2. The van der Waals surface area contributed by atoms with Crippen LogP contribution >= 0.6 is 0 Å². The number of aryl methyl sites for hydroxylation is 2. The molecule has 0 aliphatic heterocycles. The van der Waals surface area contributed by atoms with Gasteiger partial charge in [-0.25, -0.2) is 4.98 Å². The maximum atomic E-state index is 12.4. The molecule has 2 heterocycles. The van der Waals surface area contributed by atoms with Gasteiger partial charge < -0.3 is 9.72 Å². The molecule has 0 aromatic carbocycles. The highest BCUT2D eigenvalue weighted by Crippen LogP contribution is 2.27. The van der Waals surface area contributed by atoms with Crippen LogP contribution in [0.3, 0.4) is 0 Å². The molecule has 4 nitrogen and oxygen atoms in total. The summed E-state index contributed by atoms with van der Waals surface area (Å²) >= 11 is 0. The van der Waals surface area contributed by atoms with Crippen molar-refractivity contribution in [1.82, 2.24) is 14.7 Å². The number of carbonyl (C=O) groups is 1. The predicted molar refractivity (Wildman–Crippen MR) is 83.3 cm³/mol. The van der Waals surface area contributed by atoms with Gasteiger partial charge in [0.05, 0.1) is 5.69 Å². The summed E-state index contributed by atoms with van der Waals surface area (Å²) in [5.74, 6) is 0.216. The predicted octanol–water partition coefficient (Wildman–Crippen LogP) is 2.66. The molecule has 2 aromatic heterocycles. The zero-order valence-corrected chi connectivity index (χ0v) is 13.2. The van der Waals surface area contributed by atoms with Crippen molar-refractivity contribution in [3.63, 3.8) is 0 Å². The van der Waals surface area contributed by atoms with Crippen LogP contribution in [0, 0.1) is 12.8 Å². The zero-order chi connectivity index (χ0) is 15.2. The average Bonchev–Trinajstić information content (AvgIpc) is 2.72. The van der Waals surface area contributed by atoms with E-state index in [1.807, 2.05) is 20.8 Å². The monoisotopic (exact) mass is 285 g/mol. The average molecular weight is 285 g/mol. The van der Waals surface area contributed by atoms with E-state index in [0.717, 1.165) is 30.6 Å². The molecule has 112 valence electrons. The standard InChI is InChI=1S/C17H23N3O/c1-11-7-8-20-14-10-12(16(21)19-17(2,3)4)5-6-13(14)18-15(20)9-11/h7-9,12H,5-6,10H2,1-4H3,(H,19,21). The SMILES string of the molecule is Cc1ccn2c3c(nc2c1)CCC(C(=O)NC(C)(C)C)C3. The Labute approximate surface area is 125 Å². The summed E-state index contributed by atoms with van der Waals surface area (Å²) in [5.41, 5.74) is 4.39. The van der Waals surface area contributed by atoms with Crippen LogP contribution in [-0.2, 0) is 17.6 Å². The minimum absolute atomic E-state index is 0.0536. The Hall–Kier alpha value is -1.84. The first kappa shape index (κ1) is 14.1. The van der Waals surface area contributed by atoms with Crippen molar-refractivity contribution >= 4 is 11.6 Å². The number of rotatable bonds is 1. The van der Waals surface area contributed by atoms with Gasteiger partial charge in [0.25, 0.3) is 0 Å². The van der Waals surface area contributed by atoms with Gasteiger partial charge in [-0.1, -0.05) is 0 Å². The fourth-order valence-corrected chi connectivity index (χ4v) is 3.00. The molecule has 1 aliphatic rings. The van der Waals surface area contributed by atoms with Gasteiger partial charge in [-0.3, -0.25) is 4.79 Å². The van der Waals surface area contributed by atoms with Crippen LogP contribution in [0.1, 0.15) is 44.1 Å². The number of hydrogen-bond acceptors (Lipinski definition) is 2. The molecule has 0 radical (unpaired) electrons. The second kappa shape index (κ2) is 4.86. The van der Waals surface area contributed by atoms with Gasteiger partial charge in [-0.05, 0) is 58.2 Å². The number of nitrogens with one attached hydrogen (secondary N) is 1. The Bertz CT molecular complexity index is 694. The summed E-state index contributed by atoms with van der Waals surface area (Å²) in [6, 6.07) is 4.19. The van der Waals surface area contributed by atoms with E-state index in [2.05, 4.69) is 35.0 Å². The Morgan fingerprint density at radius 3 is 2.90 bits per heavy atom. The Kier molecular flexibility index (Phi) is 3.27. The molecule has 21 heavy (non-hydrogen) atoms. The first-order chi connectivity index (χ1) is 9.83. The van der Waals surface area contributed by atoms with E-state index < -0.39 is 0 Å². The van der Waals surface area contributed by atoms with Crippen molar-refractivity contribution in [2.24, 2.45) is 5.92 Å². The van der Waals surface area contributed by atoms with Crippen LogP contribution in [-0.4, -0.2) is 20.8 Å². The molecule has 0 saturated carbocycles. The van der Waals surface area contributed by atoms with Gasteiger partial charge in [0.2, 0.25) is 5.91 Å². The minimum Gasteiger partial charge on any atom is -0.351 e. The molecule has 0 saturated heterocycles. The van der Waals surface area contributed by atoms with E-state index in [-0.39, 0.29) is 17.4 Å². The highest BCUT2D eigenvalue weighted by Gasteiger charge is 2.29. The quantitative estimate of drug-likeness (QED) is 0.875. The summed E-state index contributed by atoms with van der Waals surface area (Å²) in [6.45, 7) is 8.15. The van der Waals surface area contributed by atoms with Crippen molar-refractivity contribution in [3.8, 4) is 0 Å². The number of imidazole rings is 1. The van der Waals surface area contributed by atoms with Gasteiger partial charge in [0.15, 0.2) is 0 Å². The van der Waals surface area contributed by atoms with Gasteiger partial charge >= 0.3 is 0 Å². The molecule has 1 atom stereocenters. The molecular formula is C17H23N3O. The highest BCUT2D eigenvalue weighted by molar-refractivity contribution is 5.80. The Morgan fingerprint density at radius 1 is 1.43 bits per heavy atom. The topological polar surface area (TPSA) is 46.4 Å². The Morgan fingerprint density at radius 2 is 2.19 bits per heavy atom. The second-order valence-corrected chi connectivity index (χ2v) is 7.12. The molecule has 1 amide bonds. The molecule has 0 spiro atoms. The fourth-order valence-electron chi connectivity index (χ4n) is 3.00. The third kappa shape index (κ3) is 2.80. The van der Waals surface area contributed by atoms with Crippen LogP contribution in [0.15, 0.2) is 18.3 Å². The maximum Gasteiger partial charge on any atom is 0.223 e. The van der Waals surface area contributed by atoms with Crippen LogP contribution in [0.5, 0.6) is 0 Å². The Balaban J connectivity index is 1.88. The van der Waals surface area contributed by atoms with E-state index in [0.29, 0.717) is 0 Å². The van der Waals surface area contributed by atoms with Crippen LogP contribution in [0.2, 0.25) is 0 Å². The van der Waals surface area contributed by atoms with Crippen molar-refractivity contribution in [2.75, 3.05) is 0 Å². The first-order valence-electron chi connectivity index (χ1n) is 7.62. The smallest absolute Gasteiger partial charge is 0.223 e. The van der Waals surface area contributed by atoms with Crippen molar-refractivity contribution < 1.29 is 4.79 Å². The molecule has 2 aromatic rings. The van der Waals surface area contributed by atoms with E-state index in [1.54, 1.807) is 0 Å². The molecule has 1 aliphatic carbocycles. The minimum atomic E-state index is -0.173. The summed E-state index contributed by atoms with van der Waals surface area (Å²) < 4.78 is 2.14. The molecule has 0 bridgehead atoms. The number of hydrogen-bond donors (Lipinski definition) is 1. The number of nitrogens with zero attached hydrogens (tertiary/aromatic N) is 2. The number of carbonyl (C=O) groups excluding carboxylic acids is 1. The summed E-state index contributed by atoms with van der Waals surface area (Å²) in [5, 5.41) is 3.10. The number of aromatic nitrogens is 2. The lowest BCUT2D eigenvalue weighted by Gasteiger charge is -2.27. The van der Waals surface area contributed by atoms with Gasteiger partial charge in [-0.15, -0.1) is 0 Å². The lowest BCUT2D eigenvalue weighted by Crippen LogP contribution is -2.45. The number of pyridine rings is 1. The van der Waals surface area contributed by atoms with E-state index in [9.17, 15) is 4.79 Å².